The number of halogens is 2. The highest BCUT2D eigenvalue weighted by atomic mass is 35.5. The maximum Gasteiger partial charge on any atom is 0.316 e. The molecule has 1 heterocycles. The van der Waals surface area contributed by atoms with Gasteiger partial charge in [0.05, 0.1) is 8.67 Å². The van der Waals surface area contributed by atoms with E-state index in [-0.39, 0.29) is 11.4 Å². The van der Waals surface area contributed by atoms with Crippen LogP contribution in [0.4, 0.5) is 11.4 Å². The zero-order valence-corrected chi connectivity index (χ0v) is 15.8. The Bertz CT molecular complexity index is 886. The summed E-state index contributed by atoms with van der Waals surface area (Å²) in [6.45, 7) is 3.53. The highest BCUT2D eigenvalue weighted by Gasteiger charge is 2.05. The van der Waals surface area contributed by atoms with Crippen molar-refractivity contribution in [2.75, 3.05) is 0 Å². The summed E-state index contributed by atoms with van der Waals surface area (Å²) >= 11 is 12.4. The van der Waals surface area contributed by atoms with Crippen LogP contribution in [0.5, 0.6) is 0 Å². The molecule has 1 aromatic heterocycles. The lowest BCUT2D eigenvalue weighted by atomic mass is 10.1. The Hall–Kier alpha value is -1.26. The normalized spacial score (nSPS) is 9.57. The summed E-state index contributed by atoms with van der Waals surface area (Å²) in [6.07, 6.45) is 0. The molecule has 0 spiro atoms. The van der Waals surface area contributed by atoms with Gasteiger partial charge in [0.2, 0.25) is 0 Å². The molecule has 11 heteroatoms. The van der Waals surface area contributed by atoms with Crippen LogP contribution in [0, 0.1) is 13.8 Å². The maximum absolute atomic E-state index is 10.4. The van der Waals surface area contributed by atoms with Gasteiger partial charge in [-0.05, 0) is 49.2 Å². The second-order valence-electron chi connectivity index (χ2n) is 4.09. The van der Waals surface area contributed by atoms with Gasteiger partial charge in [0.1, 0.15) is 11.4 Å². The minimum atomic E-state index is -2.64. The number of hydrogen-bond donors (Lipinski definition) is 0. The van der Waals surface area contributed by atoms with E-state index in [1.807, 2.05) is 0 Å². The maximum atomic E-state index is 10.4. The van der Waals surface area contributed by atoms with Crippen LogP contribution in [0.3, 0.4) is 0 Å². The molecular formula is C12H10Cl2N2O4S3. The molecule has 0 radical (unpaired) electrons. The molecule has 0 saturated carbocycles. The molecule has 124 valence electrons. The van der Waals surface area contributed by atoms with Gasteiger partial charge in [-0.25, -0.2) is 0 Å². The van der Waals surface area contributed by atoms with Crippen LogP contribution in [-0.2, 0) is 21.0 Å². The minimum absolute atomic E-state index is 0.0145. The van der Waals surface area contributed by atoms with E-state index < -0.39 is 21.0 Å². The smallest absolute Gasteiger partial charge is 0.163 e. The predicted octanol–water partition coefficient (Wildman–Crippen LogP) is 4.75. The predicted molar refractivity (Wildman–Crippen MR) is 92.3 cm³/mol. The third-order valence-electron chi connectivity index (χ3n) is 2.48. The van der Waals surface area contributed by atoms with Crippen molar-refractivity contribution in [3.63, 3.8) is 0 Å². The average molecular weight is 413 g/mol. The largest absolute Gasteiger partial charge is 0.316 e. The first-order valence-electron chi connectivity index (χ1n) is 5.83. The zero-order valence-electron chi connectivity index (χ0n) is 11.8. The fraction of sp³-hybridized carbons (Fsp3) is 0.167. The van der Waals surface area contributed by atoms with Gasteiger partial charge in [-0.2, -0.15) is 16.8 Å². The number of thiophene rings is 1. The van der Waals surface area contributed by atoms with Gasteiger partial charge in [-0.15, -0.1) is 20.1 Å². The Balaban J connectivity index is 0.000000313. The van der Waals surface area contributed by atoms with Gasteiger partial charge in [0.25, 0.3) is 0 Å². The molecule has 23 heavy (non-hydrogen) atoms. The van der Waals surface area contributed by atoms with E-state index in [2.05, 4.69) is 8.73 Å². The summed E-state index contributed by atoms with van der Waals surface area (Å²) in [4.78, 5) is 0. The second-order valence-corrected chi connectivity index (χ2v) is 7.67. The standard InChI is InChI=1S/C8H8N2O4S2.C4H2Cl2S/c1-5-3-7(9-15(11)12)8(4-6(5)2)10-16(13)14;5-3-1-2-4(6)7-3/h3-4H,1-2H3;1-2H. The van der Waals surface area contributed by atoms with Crippen LogP contribution in [0.2, 0.25) is 8.67 Å². The van der Waals surface area contributed by atoms with E-state index in [1.165, 1.54) is 23.5 Å². The molecule has 0 aliphatic carbocycles. The molecule has 0 amide bonds. The molecule has 6 nitrogen and oxygen atoms in total. The summed E-state index contributed by atoms with van der Waals surface area (Å²) in [7, 11) is -5.29. The lowest BCUT2D eigenvalue weighted by Crippen LogP contribution is -1.80. The second kappa shape index (κ2) is 9.14. The summed E-state index contributed by atoms with van der Waals surface area (Å²) in [5, 5.41) is 0. The molecule has 0 unspecified atom stereocenters. The van der Waals surface area contributed by atoms with Crippen molar-refractivity contribution in [2.45, 2.75) is 13.8 Å². The summed E-state index contributed by atoms with van der Waals surface area (Å²) < 4.78 is 49.8. The quantitative estimate of drug-likeness (QED) is 0.710. The van der Waals surface area contributed by atoms with Crippen molar-refractivity contribution < 1.29 is 16.8 Å². The van der Waals surface area contributed by atoms with E-state index >= 15 is 0 Å². The van der Waals surface area contributed by atoms with E-state index in [1.54, 1.807) is 26.0 Å². The number of hydrogen-bond acceptors (Lipinski definition) is 7. The summed E-state index contributed by atoms with van der Waals surface area (Å²) in [6, 6.07) is 6.48. The van der Waals surface area contributed by atoms with Gasteiger partial charge in [-0.1, -0.05) is 23.2 Å². The fourth-order valence-electron chi connectivity index (χ4n) is 1.38. The Kier molecular flexibility index (Phi) is 7.86. The highest BCUT2D eigenvalue weighted by molar-refractivity contribution is 7.62. The first kappa shape index (κ1) is 19.8. The van der Waals surface area contributed by atoms with E-state index in [0.717, 1.165) is 19.8 Å². The molecule has 2 rings (SSSR count). The van der Waals surface area contributed by atoms with E-state index in [9.17, 15) is 16.8 Å². The van der Waals surface area contributed by atoms with Crippen molar-refractivity contribution in [1.82, 2.24) is 0 Å². The van der Waals surface area contributed by atoms with E-state index in [4.69, 9.17) is 23.2 Å². The van der Waals surface area contributed by atoms with E-state index in [0.29, 0.717) is 0 Å². The molecule has 0 aliphatic heterocycles. The van der Waals surface area contributed by atoms with Crippen LogP contribution < -0.4 is 0 Å². The Morgan fingerprint density at radius 1 is 0.826 bits per heavy atom. The third-order valence-corrected chi connectivity index (χ3v) is 4.55. The van der Waals surface area contributed by atoms with Crippen LogP contribution >= 0.6 is 34.5 Å². The van der Waals surface area contributed by atoms with Crippen molar-refractivity contribution in [2.24, 2.45) is 8.73 Å². The highest BCUT2D eigenvalue weighted by Crippen LogP contribution is 2.31. The number of benzene rings is 1. The molecule has 0 fully saturated rings. The van der Waals surface area contributed by atoms with Crippen LogP contribution in [0.15, 0.2) is 33.0 Å². The van der Waals surface area contributed by atoms with Crippen LogP contribution in [-0.4, -0.2) is 16.8 Å². The summed E-state index contributed by atoms with van der Waals surface area (Å²) in [5.41, 5.74) is 1.64. The monoisotopic (exact) mass is 412 g/mol. The number of nitrogens with zero attached hydrogens (tertiary/aromatic N) is 2. The molecule has 2 aromatic rings. The minimum Gasteiger partial charge on any atom is -0.163 e. The number of rotatable bonds is 2. The topological polar surface area (TPSA) is 93.0 Å². The van der Waals surface area contributed by atoms with Crippen LogP contribution in [0.1, 0.15) is 11.1 Å². The number of aryl methyl sites for hydroxylation is 2. The van der Waals surface area contributed by atoms with Gasteiger partial charge in [-0.3, -0.25) is 0 Å². The molecule has 0 bridgehead atoms. The molecule has 0 saturated heterocycles. The van der Waals surface area contributed by atoms with Gasteiger partial charge >= 0.3 is 21.0 Å². The Labute approximate surface area is 150 Å². The first-order chi connectivity index (χ1) is 10.7. The molecule has 1 aromatic carbocycles. The van der Waals surface area contributed by atoms with Gasteiger partial charge in [0, 0.05) is 0 Å². The molecule has 0 aliphatic rings. The van der Waals surface area contributed by atoms with Gasteiger partial charge < -0.3 is 0 Å². The molecule has 0 atom stereocenters. The average Bonchev–Trinajstić information content (AvgIpc) is 2.79. The zero-order chi connectivity index (χ0) is 17.6. The Morgan fingerprint density at radius 3 is 1.39 bits per heavy atom. The van der Waals surface area contributed by atoms with Crippen molar-refractivity contribution >= 4 is 66.9 Å². The lowest BCUT2D eigenvalue weighted by molar-refractivity contribution is 0.620. The Morgan fingerprint density at radius 2 is 1.17 bits per heavy atom. The third kappa shape index (κ3) is 7.23. The van der Waals surface area contributed by atoms with Gasteiger partial charge in [0.15, 0.2) is 0 Å². The first-order valence-corrected chi connectivity index (χ1v) is 9.47. The van der Waals surface area contributed by atoms with Crippen molar-refractivity contribution in [3.8, 4) is 0 Å². The van der Waals surface area contributed by atoms with Crippen LogP contribution in [0.25, 0.3) is 0 Å². The fourth-order valence-corrected chi connectivity index (χ4v) is 3.20. The summed E-state index contributed by atoms with van der Waals surface area (Å²) in [5.74, 6) is 0. The van der Waals surface area contributed by atoms with Crippen molar-refractivity contribution in [1.29, 1.82) is 0 Å². The molecule has 0 N–H and O–H groups in total. The lowest BCUT2D eigenvalue weighted by Gasteiger charge is -2.02. The SMILES string of the molecule is Cc1cc(N=S(=O)=O)c(N=S(=O)=O)cc1C.Clc1ccc(Cl)s1. The van der Waals surface area contributed by atoms with Crippen molar-refractivity contribution in [3.05, 3.63) is 44.1 Å². The molecular weight excluding hydrogens is 403 g/mol.